The molecule has 0 fully saturated rings. The topological polar surface area (TPSA) is 115 Å². The molecule has 36 heavy (non-hydrogen) atoms. The van der Waals surface area contributed by atoms with Crippen molar-refractivity contribution in [2.75, 3.05) is 0 Å². The molecule has 6 nitrogen and oxygen atoms in total. The fraction of sp³-hybridized carbons (Fsp3) is 0.0741. The number of nitriles is 2. The number of carbonyl (C=O) groups excluding carboxylic acids is 3. The van der Waals surface area contributed by atoms with E-state index in [1.165, 1.54) is 12.1 Å². The average molecular weight is 533 g/mol. The van der Waals surface area contributed by atoms with Crippen LogP contribution in [0.2, 0.25) is 5.02 Å². The zero-order valence-electron chi connectivity index (χ0n) is 18.1. The highest BCUT2D eigenvalue weighted by molar-refractivity contribution is 6.59. The number of H-pyrrole nitrogens is 1. The van der Waals surface area contributed by atoms with E-state index in [0.29, 0.717) is 10.7 Å². The lowest BCUT2D eigenvalue weighted by molar-refractivity contribution is -0.134. The second-order valence-electron chi connectivity index (χ2n) is 8.25. The van der Waals surface area contributed by atoms with Gasteiger partial charge in [-0.25, -0.2) is 0 Å². The maximum Gasteiger partial charge on any atom is 0.203 e. The summed E-state index contributed by atoms with van der Waals surface area (Å²) >= 11 is 18.1. The molecular weight excluding hydrogens is 521 g/mol. The van der Waals surface area contributed by atoms with Gasteiger partial charge in [-0.15, -0.1) is 0 Å². The molecule has 0 spiro atoms. The van der Waals surface area contributed by atoms with Crippen LogP contribution in [0.5, 0.6) is 0 Å². The summed E-state index contributed by atoms with van der Waals surface area (Å²) in [7, 11) is 0. The number of aromatic amines is 1. The molecule has 2 aromatic carbocycles. The van der Waals surface area contributed by atoms with E-state index in [-0.39, 0.29) is 22.4 Å². The second-order valence-corrected chi connectivity index (χ2v) is 9.44. The van der Waals surface area contributed by atoms with Crippen LogP contribution in [0.3, 0.4) is 0 Å². The lowest BCUT2D eigenvalue weighted by Gasteiger charge is -2.52. The van der Waals surface area contributed by atoms with Crippen molar-refractivity contribution in [1.82, 2.24) is 4.98 Å². The van der Waals surface area contributed by atoms with Crippen molar-refractivity contribution >= 4 is 57.7 Å². The van der Waals surface area contributed by atoms with Gasteiger partial charge in [0.25, 0.3) is 0 Å². The summed E-state index contributed by atoms with van der Waals surface area (Å²) in [6.07, 6.45) is 0. The van der Waals surface area contributed by atoms with Crippen molar-refractivity contribution in [2.24, 2.45) is 10.8 Å². The predicted octanol–water partition coefficient (Wildman–Crippen LogP) is 5.85. The van der Waals surface area contributed by atoms with Crippen molar-refractivity contribution in [2.45, 2.75) is 0 Å². The van der Waals surface area contributed by atoms with Gasteiger partial charge in [0.05, 0.1) is 12.1 Å². The summed E-state index contributed by atoms with van der Waals surface area (Å²) in [4.78, 5) is 43.8. The number of aromatic nitrogens is 1. The highest BCUT2D eigenvalue weighted by atomic mass is 35.5. The first-order chi connectivity index (χ1) is 17.2. The van der Waals surface area contributed by atoms with Crippen LogP contribution in [-0.4, -0.2) is 22.3 Å². The first kappa shape index (κ1) is 23.8. The number of hydrogen-bond acceptors (Lipinski definition) is 5. The highest BCUT2D eigenvalue weighted by Crippen LogP contribution is 2.69. The number of allylic oxidation sites excluding steroid dienone is 4. The van der Waals surface area contributed by atoms with Gasteiger partial charge in [-0.2, -0.15) is 10.5 Å². The Hall–Kier alpha value is -3.94. The fourth-order valence-electron chi connectivity index (χ4n) is 4.86. The van der Waals surface area contributed by atoms with Crippen molar-refractivity contribution < 1.29 is 14.4 Å². The van der Waals surface area contributed by atoms with E-state index in [4.69, 9.17) is 34.8 Å². The van der Waals surface area contributed by atoms with Gasteiger partial charge < -0.3 is 4.98 Å². The Morgan fingerprint density at radius 1 is 0.750 bits per heavy atom. The number of carbonyl (C=O) groups is 3. The third-order valence-corrected chi connectivity index (χ3v) is 7.61. The van der Waals surface area contributed by atoms with Gasteiger partial charge in [-0.1, -0.05) is 77.3 Å². The molecule has 0 aliphatic heterocycles. The number of Topliss-reactive ketones (excluding diaryl/α,β-unsaturated/α-hetero) is 3. The number of nitrogens with one attached hydrogen (secondary N) is 1. The molecule has 0 bridgehead atoms. The zero-order valence-corrected chi connectivity index (χ0v) is 20.4. The minimum atomic E-state index is -2.46. The Bertz CT molecular complexity index is 1640. The number of ketones is 3. The third-order valence-electron chi connectivity index (χ3n) is 6.54. The molecule has 2 unspecified atom stereocenters. The summed E-state index contributed by atoms with van der Waals surface area (Å²) in [6.45, 7) is 0. The summed E-state index contributed by atoms with van der Waals surface area (Å²) < 4.78 is 0. The molecular formula is C27H12Cl3N3O3. The minimum Gasteiger partial charge on any atom is -0.355 e. The largest absolute Gasteiger partial charge is 0.355 e. The normalized spacial score (nSPS) is 23.0. The summed E-state index contributed by atoms with van der Waals surface area (Å²) in [5, 5.41) is 19.8. The Kier molecular flexibility index (Phi) is 5.50. The smallest absolute Gasteiger partial charge is 0.203 e. The van der Waals surface area contributed by atoms with Crippen LogP contribution >= 0.6 is 34.8 Å². The Balaban J connectivity index is 1.82. The zero-order chi connectivity index (χ0) is 25.8. The van der Waals surface area contributed by atoms with Crippen molar-refractivity contribution in [3.8, 4) is 23.4 Å². The Labute approximate surface area is 220 Å². The molecule has 1 N–H and O–H groups in total. The molecule has 0 radical (unpaired) electrons. The van der Waals surface area contributed by atoms with Crippen LogP contribution in [0.4, 0.5) is 0 Å². The van der Waals surface area contributed by atoms with Gasteiger partial charge in [0.1, 0.15) is 10.1 Å². The van der Waals surface area contributed by atoms with Crippen LogP contribution < -0.4 is 0 Å². The molecule has 5 rings (SSSR count). The molecule has 0 saturated carbocycles. The van der Waals surface area contributed by atoms with Gasteiger partial charge in [-0.3, -0.25) is 14.4 Å². The van der Waals surface area contributed by atoms with E-state index in [0.717, 1.165) is 5.56 Å². The molecule has 0 saturated heterocycles. The molecule has 2 atom stereocenters. The van der Waals surface area contributed by atoms with Gasteiger partial charge in [0, 0.05) is 33.1 Å². The number of hydrogen-bond donors (Lipinski definition) is 1. The number of nitrogens with zero attached hydrogens (tertiary/aromatic N) is 2. The van der Waals surface area contributed by atoms with Gasteiger partial charge in [-0.05, 0) is 29.8 Å². The van der Waals surface area contributed by atoms with Crippen molar-refractivity contribution in [3.05, 3.63) is 98.6 Å². The van der Waals surface area contributed by atoms with Gasteiger partial charge in [0.15, 0.2) is 16.6 Å². The van der Waals surface area contributed by atoms with Crippen LogP contribution in [0.25, 0.3) is 16.8 Å². The van der Waals surface area contributed by atoms with Gasteiger partial charge in [0.2, 0.25) is 11.6 Å². The summed E-state index contributed by atoms with van der Waals surface area (Å²) in [5.74, 6) is -2.75. The number of rotatable bonds is 4. The predicted molar refractivity (Wildman–Crippen MR) is 134 cm³/mol. The van der Waals surface area contributed by atoms with Crippen molar-refractivity contribution in [3.63, 3.8) is 0 Å². The quantitative estimate of drug-likeness (QED) is 0.424. The van der Waals surface area contributed by atoms with E-state index < -0.39 is 38.2 Å². The monoisotopic (exact) mass is 531 g/mol. The molecule has 1 heterocycles. The number of benzene rings is 2. The molecule has 174 valence electrons. The first-order valence-electron chi connectivity index (χ1n) is 10.5. The van der Waals surface area contributed by atoms with Gasteiger partial charge >= 0.3 is 0 Å². The molecule has 3 aromatic rings. The van der Waals surface area contributed by atoms with Crippen LogP contribution in [0, 0.1) is 33.5 Å². The molecule has 1 aromatic heterocycles. The highest BCUT2D eigenvalue weighted by Gasteiger charge is 2.78. The van der Waals surface area contributed by atoms with Crippen LogP contribution in [0.15, 0.2) is 82.4 Å². The van der Waals surface area contributed by atoms with E-state index >= 15 is 0 Å². The number of fused-ring (bicyclic) bond motifs is 1. The van der Waals surface area contributed by atoms with E-state index in [9.17, 15) is 24.9 Å². The summed E-state index contributed by atoms with van der Waals surface area (Å²) in [6, 6.07) is 21.8. The third kappa shape index (κ3) is 2.87. The lowest BCUT2D eigenvalue weighted by atomic mass is 9.41. The molecule has 2 aliphatic rings. The van der Waals surface area contributed by atoms with E-state index in [2.05, 4.69) is 4.98 Å². The standard InChI is InChI=1S/C27H12Cl3N3O3/c28-16-8-6-14(7-9-16)17-10-11-18(33-17)19-20(23(34)15-4-2-1-3-5-15)27(13-32)25(36)22(30)21(29)24(35)26(19,27)12-31/h1-11,33H. The van der Waals surface area contributed by atoms with Crippen LogP contribution in [0.1, 0.15) is 16.1 Å². The Morgan fingerprint density at radius 3 is 1.89 bits per heavy atom. The SMILES string of the molecule is N#CC12C(=O)C(Cl)=C(Cl)C(=O)C1(C#N)C(c1ccc(-c3ccc(Cl)cc3)[nH]1)=C2C(=O)c1ccccc1. The maximum atomic E-state index is 13.7. The summed E-state index contributed by atoms with van der Waals surface area (Å²) in [5.41, 5.74) is -3.46. The second kappa shape index (κ2) is 8.33. The molecule has 0 amide bonds. The van der Waals surface area contributed by atoms with Crippen molar-refractivity contribution in [1.29, 1.82) is 10.5 Å². The van der Waals surface area contributed by atoms with E-state index in [1.54, 1.807) is 54.6 Å². The lowest BCUT2D eigenvalue weighted by Crippen LogP contribution is -2.64. The van der Waals surface area contributed by atoms with E-state index in [1.807, 2.05) is 12.1 Å². The minimum absolute atomic E-state index is 0.0821. The van der Waals surface area contributed by atoms with Crippen LogP contribution in [-0.2, 0) is 9.59 Å². The molecule has 9 heteroatoms. The first-order valence-corrected chi connectivity index (χ1v) is 11.7. The fourth-order valence-corrected chi connectivity index (χ4v) is 5.44. The molecule has 2 aliphatic carbocycles. The maximum absolute atomic E-state index is 13.7. The Morgan fingerprint density at radius 2 is 1.31 bits per heavy atom. The number of halogens is 3. The average Bonchev–Trinajstić information content (AvgIpc) is 3.37.